The zero-order valence-electron chi connectivity index (χ0n) is 3.52. The molecule has 0 aromatic carbocycles. The minimum atomic E-state index is -6.02. The predicted octanol–water partition coefficient (Wildman–Crippen LogP) is -7.03. The fourth-order valence-electron chi connectivity index (χ4n) is 0. The Bertz CT molecular complexity index is 29.5. The van der Waals surface area contributed by atoms with Gasteiger partial charge in [0.1, 0.15) is 0 Å². The van der Waals surface area contributed by atoms with E-state index in [0.29, 0.717) is 0 Å². The maximum atomic E-state index is 10.3. The van der Waals surface area contributed by atoms with Crippen LogP contribution in [0.15, 0.2) is 0 Å². The molecule has 2 N–H and O–H groups in total. The minimum absolute atomic E-state index is 0. The normalized spacial score (nSPS) is 9.50. The van der Waals surface area contributed by atoms with Gasteiger partial charge in [-0.3, -0.25) is 0 Å². The first-order valence-electron chi connectivity index (χ1n) is 0.674. The predicted molar refractivity (Wildman–Crippen MR) is 18.2 cm³/mol. The molecule has 0 aliphatic rings. The molecule has 8 heteroatoms. The van der Waals surface area contributed by atoms with Gasteiger partial charge in [0, 0.05) is 0 Å². The van der Waals surface area contributed by atoms with Crippen LogP contribution in [-0.2, 0) is 0 Å². The maximum Gasteiger partial charge on any atom is 2.00 e. The molecule has 0 aromatic heterocycles. The summed E-state index contributed by atoms with van der Waals surface area (Å²) in [6, 6.07) is 0. The first kappa shape index (κ1) is 22.5. The molecule has 0 rings (SSSR count). The quantitative estimate of drug-likeness (QED) is 0.327. The Hall–Kier alpha value is 2.00. The Morgan fingerprint density at radius 3 is 1.00 bits per heavy atom. The summed E-state index contributed by atoms with van der Waals surface area (Å²) < 4.78 is 34.5. The van der Waals surface area contributed by atoms with Crippen molar-refractivity contribution in [3.63, 3.8) is 0 Å². The van der Waals surface area contributed by atoms with E-state index in [1.165, 1.54) is 0 Å². The molecule has 0 fully saturated rings. The average molecular weight is 375 g/mol. The summed E-state index contributed by atoms with van der Waals surface area (Å²) in [7, 11) is 0. The van der Waals surface area contributed by atoms with Crippen LogP contribution in [-0.4, -0.2) is 76.0 Å². The summed E-state index contributed by atoms with van der Waals surface area (Å²) in [5, 5.41) is 0. The second-order valence-electron chi connectivity index (χ2n) is 0.416. The third-order valence-electron chi connectivity index (χ3n) is 0. The molecule has 0 heterocycles. The molecule has 8 heavy (non-hydrogen) atoms. The Morgan fingerprint density at radius 2 is 1.00 bits per heavy atom. The molecule has 0 amide bonds. The number of hydrogen-bond donors (Lipinski definition) is 2. The summed E-state index contributed by atoms with van der Waals surface area (Å²) >= 11 is -6.02. The van der Waals surface area contributed by atoms with E-state index in [1.807, 2.05) is 0 Å². The summed E-state index contributed by atoms with van der Waals surface area (Å²) in [4.78, 5) is 0. The zero-order chi connectivity index (χ0) is 4.50. The van der Waals surface area contributed by atoms with Gasteiger partial charge in [-0.1, -0.05) is 0 Å². The topological polar surface area (TPSA) is 40.5 Å². The second-order valence-corrected chi connectivity index (χ2v) is 2.79. The molecule has 0 atom stereocenters. The summed E-state index contributed by atoms with van der Waals surface area (Å²) in [5.41, 5.74) is 0. The van der Waals surface area contributed by atoms with Crippen LogP contribution < -0.4 is 9.41 Å². The Morgan fingerprint density at radius 1 is 1.00 bits per heavy atom. The number of halogens is 4. The summed E-state index contributed by atoms with van der Waals surface area (Å²) in [5.74, 6) is 0. The number of rotatable bonds is 0. The van der Waals surface area contributed by atoms with Crippen LogP contribution in [0.5, 0.6) is 0 Å². The first-order chi connectivity index (χ1) is 2.00. The molecular formula is H2BaF4O2Te. The van der Waals surface area contributed by atoms with Gasteiger partial charge >= 0.3 is 81.7 Å². The van der Waals surface area contributed by atoms with Gasteiger partial charge in [0.2, 0.25) is 0 Å². The van der Waals surface area contributed by atoms with Crippen molar-refractivity contribution in [2.24, 2.45) is 0 Å². The molecule has 0 aliphatic heterocycles. The maximum absolute atomic E-state index is 10.3. The molecule has 0 radical (unpaired) electrons. The SMILES string of the molecule is O[Te](O)(F)F.[Ba+2].[F-].[F-]. The molecule has 50 valence electrons. The smallest absolute Gasteiger partial charge is 1.00 e. The van der Waals surface area contributed by atoms with Gasteiger partial charge in [-0.25, -0.2) is 0 Å². The molecule has 0 bridgehead atoms. The van der Waals surface area contributed by atoms with Gasteiger partial charge in [0.25, 0.3) is 0 Å². The van der Waals surface area contributed by atoms with Gasteiger partial charge in [-0.15, -0.1) is 0 Å². The molecule has 0 spiro atoms. The molecule has 2 nitrogen and oxygen atoms in total. The second kappa shape index (κ2) is 9.00. The van der Waals surface area contributed by atoms with E-state index in [4.69, 9.17) is 6.94 Å². The van der Waals surface area contributed by atoms with Gasteiger partial charge in [0.05, 0.1) is 0 Å². The third kappa shape index (κ3) is 97.9. The molecule has 0 saturated carbocycles. The Labute approximate surface area is 89.5 Å². The molecule has 0 saturated heterocycles. The van der Waals surface area contributed by atoms with E-state index < -0.39 is 20.1 Å². The van der Waals surface area contributed by atoms with Crippen molar-refractivity contribution >= 4 is 69.0 Å². The van der Waals surface area contributed by atoms with Crippen molar-refractivity contribution in [2.75, 3.05) is 0 Å². The minimum Gasteiger partial charge on any atom is -1.00 e. The Balaban J connectivity index is -0.0000000267. The van der Waals surface area contributed by atoms with Gasteiger partial charge in [-0.05, 0) is 0 Å². The van der Waals surface area contributed by atoms with Crippen molar-refractivity contribution in [3.8, 4) is 0 Å². The van der Waals surface area contributed by atoms with Crippen LogP contribution in [0, 0.1) is 0 Å². The van der Waals surface area contributed by atoms with E-state index in [1.54, 1.807) is 0 Å². The monoisotopic (exact) mass is 378 g/mol. The molecule has 0 unspecified atom stereocenters. The van der Waals surface area contributed by atoms with E-state index in [-0.39, 0.29) is 58.3 Å². The summed E-state index contributed by atoms with van der Waals surface area (Å²) in [6.45, 7) is 0. The van der Waals surface area contributed by atoms with Gasteiger partial charge in [0.15, 0.2) is 0 Å². The van der Waals surface area contributed by atoms with Crippen molar-refractivity contribution in [1.29, 1.82) is 0 Å². The van der Waals surface area contributed by atoms with Crippen molar-refractivity contribution < 1.29 is 22.1 Å². The van der Waals surface area contributed by atoms with Crippen LogP contribution in [0.2, 0.25) is 0 Å². The standard InChI is InChI=1S/Ba.F2H2O2Te.2FH/c;1-5(2,3)4;;/h;3-4H;2*1H/q+2;;;/p-2. The van der Waals surface area contributed by atoms with Crippen LogP contribution in [0.25, 0.3) is 0 Å². The fraction of sp³-hybridized carbons (Fsp3) is 0. The van der Waals surface area contributed by atoms with Crippen molar-refractivity contribution in [3.05, 3.63) is 0 Å². The fourth-order valence-corrected chi connectivity index (χ4v) is 0. The van der Waals surface area contributed by atoms with E-state index >= 15 is 0 Å². The van der Waals surface area contributed by atoms with Crippen LogP contribution in [0.3, 0.4) is 0 Å². The van der Waals surface area contributed by atoms with Crippen molar-refractivity contribution in [2.45, 2.75) is 0 Å². The van der Waals surface area contributed by atoms with E-state index in [2.05, 4.69) is 0 Å². The van der Waals surface area contributed by atoms with Crippen LogP contribution in [0.1, 0.15) is 0 Å². The van der Waals surface area contributed by atoms with Gasteiger partial charge in [-0.2, -0.15) is 0 Å². The average Bonchev–Trinajstić information content (AvgIpc) is 0.722. The molecule has 0 aliphatic carbocycles. The summed E-state index contributed by atoms with van der Waals surface area (Å²) in [6.07, 6.45) is 0. The van der Waals surface area contributed by atoms with Crippen molar-refractivity contribution in [1.82, 2.24) is 0 Å². The van der Waals surface area contributed by atoms with E-state index in [0.717, 1.165) is 0 Å². The molecule has 0 aromatic rings. The largest absolute Gasteiger partial charge is 2.00 e. The van der Waals surface area contributed by atoms with E-state index in [9.17, 15) is 5.78 Å². The van der Waals surface area contributed by atoms with Crippen LogP contribution in [0.4, 0.5) is 5.78 Å². The Kier molecular flexibility index (Phi) is 25.3. The number of hydrogen-bond acceptors (Lipinski definition) is 2. The first-order valence-corrected chi connectivity index (χ1v) is 4.52. The third-order valence-corrected chi connectivity index (χ3v) is 0. The molecular weight excluding hydrogens is 373 g/mol. The van der Waals surface area contributed by atoms with Gasteiger partial charge < -0.3 is 9.41 Å². The van der Waals surface area contributed by atoms with Crippen LogP contribution >= 0.6 is 0 Å². The zero-order valence-corrected chi connectivity index (χ0v) is 10.3.